The molecule has 3 N–H and O–H groups in total. The van der Waals surface area contributed by atoms with Crippen LogP contribution < -0.4 is 10.5 Å². The van der Waals surface area contributed by atoms with Gasteiger partial charge in [-0.15, -0.1) is 0 Å². The maximum absolute atomic E-state index is 11.0. The number of hydrogen-bond acceptors (Lipinski definition) is 5. The van der Waals surface area contributed by atoms with E-state index in [2.05, 4.69) is 11.1 Å². The highest BCUT2D eigenvalue weighted by molar-refractivity contribution is 5.90. The third-order valence-corrected chi connectivity index (χ3v) is 4.20. The van der Waals surface area contributed by atoms with Crippen LogP contribution in [0.15, 0.2) is 48.9 Å². The molecule has 2 aromatic carbocycles. The summed E-state index contributed by atoms with van der Waals surface area (Å²) in [5.74, 6) is 0.140. The first-order valence-electron chi connectivity index (χ1n) is 8.61. The number of ether oxygens (including phenoxy) is 1. The summed E-state index contributed by atoms with van der Waals surface area (Å²) in [6.45, 7) is 0.810. The van der Waals surface area contributed by atoms with Gasteiger partial charge in [0.2, 0.25) is 0 Å². The highest BCUT2D eigenvalue weighted by atomic mass is 16.5. The molecule has 1 atom stereocenters. The van der Waals surface area contributed by atoms with E-state index >= 15 is 0 Å². The second-order valence-corrected chi connectivity index (χ2v) is 6.30. The first-order chi connectivity index (χ1) is 13.0. The van der Waals surface area contributed by atoms with Gasteiger partial charge in [-0.25, -0.2) is 4.98 Å². The average molecular weight is 364 g/mol. The molecule has 1 heterocycles. The van der Waals surface area contributed by atoms with Gasteiger partial charge in [0.25, 0.3) is 5.91 Å². The van der Waals surface area contributed by atoms with Crippen LogP contribution in [0.4, 0.5) is 0 Å². The summed E-state index contributed by atoms with van der Waals surface area (Å²) in [6, 6.07) is 13.4. The standard InChI is InChI=1S/C20H20N4O3/c21-10-14-3-4-15-5-6-18(9-16(15)8-14)27-7-1-2-17(25)11-24-12-19(20(22)26)23-13-24/h3-6,8-9,12-13,17,25H,1-2,7,11H2,(H2,22,26)/t17-/m0/s1. The normalized spacial score (nSPS) is 11.9. The molecule has 1 amide bonds. The van der Waals surface area contributed by atoms with Gasteiger partial charge in [-0.1, -0.05) is 12.1 Å². The Morgan fingerprint density at radius 2 is 2.11 bits per heavy atom. The minimum Gasteiger partial charge on any atom is -0.494 e. The van der Waals surface area contributed by atoms with Crippen LogP contribution >= 0.6 is 0 Å². The molecule has 0 spiro atoms. The van der Waals surface area contributed by atoms with Gasteiger partial charge in [0.05, 0.1) is 30.7 Å². The Bertz CT molecular complexity index is 990. The van der Waals surface area contributed by atoms with Crippen molar-refractivity contribution in [3.05, 3.63) is 60.2 Å². The van der Waals surface area contributed by atoms with Crippen molar-refractivity contribution in [1.82, 2.24) is 9.55 Å². The number of amides is 1. The second kappa shape index (κ2) is 8.34. The molecule has 0 aliphatic carbocycles. The van der Waals surface area contributed by atoms with E-state index < -0.39 is 12.0 Å². The minimum absolute atomic E-state index is 0.182. The summed E-state index contributed by atoms with van der Waals surface area (Å²) in [5, 5.41) is 21.1. The first-order valence-corrected chi connectivity index (χ1v) is 8.61. The van der Waals surface area contributed by atoms with Gasteiger partial charge in [0.1, 0.15) is 11.4 Å². The SMILES string of the molecule is N#Cc1ccc2ccc(OCCC[C@H](O)Cn3cnc(C(N)=O)c3)cc2c1. The zero-order chi connectivity index (χ0) is 19.2. The predicted molar refractivity (Wildman–Crippen MR) is 100 cm³/mol. The molecule has 0 saturated heterocycles. The highest BCUT2D eigenvalue weighted by Crippen LogP contribution is 2.22. The van der Waals surface area contributed by atoms with Crippen LogP contribution in [0.1, 0.15) is 28.9 Å². The Balaban J connectivity index is 1.47. The number of hydrogen-bond donors (Lipinski definition) is 2. The molecule has 0 unspecified atom stereocenters. The fraction of sp³-hybridized carbons (Fsp3) is 0.250. The van der Waals surface area contributed by atoms with Gasteiger partial charge >= 0.3 is 0 Å². The van der Waals surface area contributed by atoms with Crippen LogP contribution in [-0.4, -0.2) is 33.3 Å². The van der Waals surface area contributed by atoms with E-state index in [1.165, 1.54) is 12.5 Å². The van der Waals surface area contributed by atoms with Crippen molar-refractivity contribution in [3.8, 4) is 11.8 Å². The van der Waals surface area contributed by atoms with Crippen LogP contribution in [0.5, 0.6) is 5.75 Å². The summed E-state index contributed by atoms with van der Waals surface area (Å²) in [7, 11) is 0. The number of nitrogens with zero attached hydrogens (tertiary/aromatic N) is 3. The molecule has 0 radical (unpaired) electrons. The van der Waals surface area contributed by atoms with Crippen molar-refractivity contribution < 1.29 is 14.6 Å². The Labute approximate surface area is 156 Å². The van der Waals surface area contributed by atoms with Crippen LogP contribution in [0, 0.1) is 11.3 Å². The molecule has 3 rings (SSSR count). The number of nitriles is 1. The van der Waals surface area contributed by atoms with Crippen molar-refractivity contribution >= 4 is 16.7 Å². The Kier molecular flexibility index (Phi) is 5.69. The van der Waals surface area contributed by atoms with E-state index in [9.17, 15) is 9.90 Å². The van der Waals surface area contributed by atoms with Crippen LogP contribution in [0.2, 0.25) is 0 Å². The van der Waals surface area contributed by atoms with Gasteiger partial charge in [-0.2, -0.15) is 5.26 Å². The Morgan fingerprint density at radius 1 is 1.30 bits per heavy atom. The van der Waals surface area contributed by atoms with E-state index in [0.717, 1.165) is 16.5 Å². The lowest BCUT2D eigenvalue weighted by molar-refractivity contribution is 0.0995. The van der Waals surface area contributed by atoms with Crippen LogP contribution in [0.3, 0.4) is 0 Å². The van der Waals surface area contributed by atoms with Gasteiger partial charge in [0.15, 0.2) is 0 Å². The summed E-state index contributed by atoms with van der Waals surface area (Å²) in [4.78, 5) is 14.9. The molecule has 0 saturated carbocycles. The summed E-state index contributed by atoms with van der Waals surface area (Å²) < 4.78 is 7.39. The molecule has 0 bridgehead atoms. The summed E-state index contributed by atoms with van der Waals surface area (Å²) in [5.41, 5.74) is 5.95. The van der Waals surface area contributed by atoms with Crippen molar-refractivity contribution in [3.63, 3.8) is 0 Å². The van der Waals surface area contributed by atoms with E-state index in [0.29, 0.717) is 31.6 Å². The average Bonchev–Trinajstić information content (AvgIpc) is 3.13. The number of aliphatic hydroxyl groups excluding tert-OH is 1. The van der Waals surface area contributed by atoms with Gasteiger partial charge in [-0.3, -0.25) is 4.79 Å². The number of fused-ring (bicyclic) bond motifs is 1. The van der Waals surface area contributed by atoms with Gasteiger partial charge < -0.3 is 20.1 Å². The van der Waals surface area contributed by atoms with Gasteiger partial charge in [-0.05, 0) is 47.9 Å². The molecule has 27 heavy (non-hydrogen) atoms. The lowest BCUT2D eigenvalue weighted by Crippen LogP contribution is -2.16. The second-order valence-electron chi connectivity index (χ2n) is 6.30. The van der Waals surface area contributed by atoms with E-state index in [4.69, 9.17) is 15.7 Å². The zero-order valence-corrected chi connectivity index (χ0v) is 14.7. The number of nitrogens with two attached hydrogens (primary N) is 1. The van der Waals surface area contributed by atoms with E-state index in [-0.39, 0.29) is 5.69 Å². The first kappa shape index (κ1) is 18.4. The molecule has 1 aromatic heterocycles. The van der Waals surface area contributed by atoms with Crippen LogP contribution in [-0.2, 0) is 6.54 Å². The molecule has 3 aromatic rings. The number of carbonyl (C=O) groups is 1. The summed E-state index contributed by atoms with van der Waals surface area (Å²) in [6.07, 6.45) is 3.65. The molecule has 7 nitrogen and oxygen atoms in total. The lowest BCUT2D eigenvalue weighted by Gasteiger charge is -2.12. The quantitative estimate of drug-likeness (QED) is 0.595. The van der Waals surface area contributed by atoms with E-state index in [1.807, 2.05) is 30.3 Å². The number of aromatic nitrogens is 2. The number of imidazole rings is 1. The number of benzene rings is 2. The van der Waals surface area contributed by atoms with E-state index in [1.54, 1.807) is 10.6 Å². The Morgan fingerprint density at radius 3 is 2.85 bits per heavy atom. The topological polar surface area (TPSA) is 114 Å². The monoisotopic (exact) mass is 364 g/mol. The summed E-state index contributed by atoms with van der Waals surface area (Å²) >= 11 is 0. The van der Waals surface area contributed by atoms with Crippen molar-refractivity contribution in [2.45, 2.75) is 25.5 Å². The minimum atomic E-state index is -0.589. The third-order valence-electron chi connectivity index (χ3n) is 4.20. The van der Waals surface area contributed by atoms with Crippen molar-refractivity contribution in [2.75, 3.05) is 6.61 Å². The van der Waals surface area contributed by atoms with Crippen molar-refractivity contribution in [2.24, 2.45) is 5.73 Å². The number of aliphatic hydroxyl groups is 1. The smallest absolute Gasteiger partial charge is 0.268 e. The molecule has 0 aliphatic rings. The fourth-order valence-corrected chi connectivity index (χ4v) is 2.81. The van der Waals surface area contributed by atoms with Crippen molar-refractivity contribution in [1.29, 1.82) is 5.26 Å². The zero-order valence-electron chi connectivity index (χ0n) is 14.7. The van der Waals surface area contributed by atoms with Crippen LogP contribution in [0.25, 0.3) is 10.8 Å². The molecule has 7 heteroatoms. The largest absolute Gasteiger partial charge is 0.494 e. The lowest BCUT2D eigenvalue weighted by atomic mass is 10.1. The molecule has 0 aliphatic heterocycles. The molecular weight excluding hydrogens is 344 g/mol. The third kappa shape index (κ3) is 4.84. The number of rotatable bonds is 8. The molecule has 0 fully saturated rings. The predicted octanol–water partition coefficient (Wildman–Crippen LogP) is 2.23. The highest BCUT2D eigenvalue weighted by Gasteiger charge is 2.09. The molecular formula is C20H20N4O3. The fourth-order valence-electron chi connectivity index (χ4n) is 2.81. The maximum Gasteiger partial charge on any atom is 0.268 e. The Hall–Kier alpha value is -3.37. The maximum atomic E-state index is 11.0. The number of primary amides is 1. The molecule has 138 valence electrons. The van der Waals surface area contributed by atoms with Gasteiger partial charge in [0, 0.05) is 12.7 Å². The number of carbonyl (C=O) groups excluding carboxylic acids is 1.